The predicted molar refractivity (Wildman–Crippen MR) is 51.6 cm³/mol. The zero-order valence-corrected chi connectivity index (χ0v) is 7.58. The average molecular weight is 182 g/mol. The van der Waals surface area contributed by atoms with Gasteiger partial charge in [-0.25, -0.2) is 0 Å². The minimum Gasteiger partial charge on any atom is -0.495 e. The van der Waals surface area contributed by atoms with Crippen LogP contribution in [0.3, 0.4) is 0 Å². The molecule has 4 heteroatoms. The van der Waals surface area contributed by atoms with E-state index in [1.807, 2.05) is 18.2 Å². The number of aliphatic hydroxyl groups excluding tert-OH is 1. The van der Waals surface area contributed by atoms with Gasteiger partial charge in [0.05, 0.1) is 12.8 Å². The summed E-state index contributed by atoms with van der Waals surface area (Å²) >= 11 is 0. The van der Waals surface area contributed by atoms with Crippen LogP contribution in [0, 0.1) is 0 Å². The number of hydrazine groups is 1. The molecule has 0 fully saturated rings. The van der Waals surface area contributed by atoms with Gasteiger partial charge in [0.25, 0.3) is 0 Å². The van der Waals surface area contributed by atoms with E-state index in [9.17, 15) is 0 Å². The summed E-state index contributed by atoms with van der Waals surface area (Å²) in [5.74, 6) is 6.00. The molecule has 1 aromatic rings. The second kappa shape index (κ2) is 4.69. The van der Waals surface area contributed by atoms with E-state index in [0.29, 0.717) is 12.2 Å². The van der Waals surface area contributed by atoms with E-state index in [1.165, 1.54) is 0 Å². The number of ether oxygens (including phenoxy) is 1. The fourth-order valence-corrected chi connectivity index (χ4v) is 1.15. The summed E-state index contributed by atoms with van der Waals surface area (Å²) < 4.78 is 5.06. The van der Waals surface area contributed by atoms with Gasteiger partial charge in [-0.1, -0.05) is 6.07 Å². The summed E-state index contributed by atoms with van der Waals surface area (Å²) in [5.41, 5.74) is 4.29. The highest BCUT2D eigenvalue weighted by Gasteiger charge is 2.01. The normalized spacial score (nSPS) is 9.77. The molecule has 0 heterocycles. The largest absolute Gasteiger partial charge is 0.495 e. The maximum Gasteiger partial charge on any atom is 0.143 e. The van der Waals surface area contributed by atoms with E-state index in [1.54, 1.807) is 7.11 Å². The van der Waals surface area contributed by atoms with Crippen molar-refractivity contribution in [3.8, 4) is 5.75 Å². The van der Waals surface area contributed by atoms with Crippen LogP contribution in [0.2, 0.25) is 0 Å². The van der Waals surface area contributed by atoms with Crippen molar-refractivity contribution in [2.24, 2.45) is 5.84 Å². The van der Waals surface area contributed by atoms with Gasteiger partial charge in [-0.3, -0.25) is 5.84 Å². The number of hydrogen-bond acceptors (Lipinski definition) is 4. The second-order valence-electron chi connectivity index (χ2n) is 2.65. The van der Waals surface area contributed by atoms with Gasteiger partial charge in [0, 0.05) is 6.61 Å². The molecular weight excluding hydrogens is 168 g/mol. The van der Waals surface area contributed by atoms with Crippen LogP contribution in [0.25, 0.3) is 0 Å². The number of nitrogens with one attached hydrogen (secondary N) is 1. The standard InChI is InChI=1S/C9H14N2O2/c1-13-9-3-2-7(4-5-12)6-8(9)11-10/h2-3,6,11-12H,4-5,10H2,1H3. The van der Waals surface area contributed by atoms with Gasteiger partial charge in [-0.15, -0.1) is 0 Å². The summed E-state index contributed by atoms with van der Waals surface area (Å²) in [6.45, 7) is 0.135. The number of rotatable bonds is 4. The summed E-state index contributed by atoms with van der Waals surface area (Å²) in [6.07, 6.45) is 0.624. The van der Waals surface area contributed by atoms with Crippen LogP contribution in [0.5, 0.6) is 5.75 Å². The Morgan fingerprint density at radius 1 is 1.54 bits per heavy atom. The maximum absolute atomic E-state index is 8.73. The third-order valence-corrected chi connectivity index (χ3v) is 1.82. The summed E-state index contributed by atoms with van der Waals surface area (Å²) in [7, 11) is 1.59. The number of hydrogen-bond donors (Lipinski definition) is 3. The van der Waals surface area contributed by atoms with Gasteiger partial charge in [0.1, 0.15) is 5.75 Å². The van der Waals surface area contributed by atoms with Gasteiger partial charge in [-0.05, 0) is 24.1 Å². The predicted octanol–water partition coefficient (Wildman–Crippen LogP) is 0.516. The molecule has 0 spiro atoms. The first-order valence-electron chi connectivity index (χ1n) is 4.06. The number of benzene rings is 1. The Morgan fingerprint density at radius 2 is 2.31 bits per heavy atom. The molecule has 0 atom stereocenters. The molecule has 0 aliphatic heterocycles. The van der Waals surface area contributed by atoms with Crippen molar-refractivity contribution in [3.05, 3.63) is 23.8 Å². The molecule has 0 saturated carbocycles. The SMILES string of the molecule is COc1ccc(CCO)cc1NN. The molecule has 0 aliphatic rings. The van der Waals surface area contributed by atoms with Crippen LogP contribution >= 0.6 is 0 Å². The smallest absolute Gasteiger partial charge is 0.143 e. The Bertz CT molecular complexity index is 276. The Kier molecular flexibility index (Phi) is 3.54. The summed E-state index contributed by atoms with van der Waals surface area (Å²) in [4.78, 5) is 0. The van der Waals surface area contributed by atoms with Crippen molar-refractivity contribution in [2.45, 2.75) is 6.42 Å². The molecule has 0 aromatic heterocycles. The van der Waals surface area contributed by atoms with E-state index in [0.717, 1.165) is 11.3 Å². The second-order valence-corrected chi connectivity index (χ2v) is 2.65. The lowest BCUT2D eigenvalue weighted by Gasteiger charge is -2.09. The van der Waals surface area contributed by atoms with Crippen LogP contribution in [-0.4, -0.2) is 18.8 Å². The minimum atomic E-state index is 0.135. The Hall–Kier alpha value is -1.26. The van der Waals surface area contributed by atoms with Crippen LogP contribution in [0.1, 0.15) is 5.56 Å². The molecule has 1 aromatic carbocycles. The van der Waals surface area contributed by atoms with Crippen LogP contribution in [0.4, 0.5) is 5.69 Å². The van der Waals surface area contributed by atoms with Crippen molar-refractivity contribution < 1.29 is 9.84 Å². The third kappa shape index (κ3) is 2.34. The quantitative estimate of drug-likeness (QED) is 0.469. The van der Waals surface area contributed by atoms with E-state index in [2.05, 4.69) is 5.43 Å². The number of aliphatic hydroxyl groups is 1. The number of nitrogen functional groups attached to an aromatic ring is 1. The molecule has 0 saturated heterocycles. The zero-order valence-electron chi connectivity index (χ0n) is 7.58. The minimum absolute atomic E-state index is 0.135. The van der Waals surface area contributed by atoms with Crippen LogP contribution in [0.15, 0.2) is 18.2 Å². The van der Waals surface area contributed by atoms with Crippen molar-refractivity contribution in [3.63, 3.8) is 0 Å². The monoisotopic (exact) mass is 182 g/mol. The average Bonchev–Trinajstić information content (AvgIpc) is 2.18. The molecular formula is C9H14N2O2. The van der Waals surface area contributed by atoms with E-state index in [4.69, 9.17) is 15.7 Å². The molecule has 0 aliphatic carbocycles. The van der Waals surface area contributed by atoms with Crippen LogP contribution in [-0.2, 0) is 6.42 Å². The van der Waals surface area contributed by atoms with Gasteiger partial charge in [0.15, 0.2) is 0 Å². The fourth-order valence-electron chi connectivity index (χ4n) is 1.15. The highest BCUT2D eigenvalue weighted by molar-refractivity contribution is 5.57. The van der Waals surface area contributed by atoms with Gasteiger partial charge < -0.3 is 15.3 Å². The van der Waals surface area contributed by atoms with Crippen molar-refractivity contribution in [2.75, 3.05) is 19.1 Å². The van der Waals surface area contributed by atoms with Crippen molar-refractivity contribution >= 4 is 5.69 Å². The molecule has 0 amide bonds. The lowest BCUT2D eigenvalue weighted by Crippen LogP contribution is -2.08. The van der Waals surface area contributed by atoms with Gasteiger partial charge in [-0.2, -0.15) is 0 Å². The summed E-state index contributed by atoms with van der Waals surface area (Å²) in [6, 6.07) is 5.57. The first kappa shape index (κ1) is 9.83. The molecule has 13 heavy (non-hydrogen) atoms. The van der Waals surface area contributed by atoms with E-state index < -0.39 is 0 Å². The Labute approximate surface area is 77.3 Å². The number of methoxy groups -OCH3 is 1. The third-order valence-electron chi connectivity index (χ3n) is 1.82. The first-order chi connectivity index (χ1) is 6.31. The molecule has 72 valence electrons. The molecule has 0 unspecified atom stereocenters. The molecule has 1 rings (SSSR count). The summed E-state index contributed by atoms with van der Waals surface area (Å²) in [5, 5.41) is 8.73. The lowest BCUT2D eigenvalue weighted by atomic mass is 10.1. The molecule has 4 nitrogen and oxygen atoms in total. The van der Waals surface area contributed by atoms with Gasteiger partial charge >= 0.3 is 0 Å². The molecule has 0 radical (unpaired) electrons. The van der Waals surface area contributed by atoms with E-state index in [-0.39, 0.29) is 6.61 Å². The molecule has 4 N–H and O–H groups in total. The van der Waals surface area contributed by atoms with Crippen molar-refractivity contribution in [1.29, 1.82) is 0 Å². The Morgan fingerprint density at radius 3 is 2.85 bits per heavy atom. The molecule has 0 bridgehead atoms. The first-order valence-corrected chi connectivity index (χ1v) is 4.06. The highest BCUT2D eigenvalue weighted by atomic mass is 16.5. The Balaban J connectivity index is 2.91. The number of nitrogens with two attached hydrogens (primary N) is 1. The van der Waals surface area contributed by atoms with Crippen molar-refractivity contribution in [1.82, 2.24) is 0 Å². The zero-order chi connectivity index (χ0) is 9.68. The highest BCUT2D eigenvalue weighted by Crippen LogP contribution is 2.24. The van der Waals surface area contributed by atoms with Gasteiger partial charge in [0.2, 0.25) is 0 Å². The lowest BCUT2D eigenvalue weighted by molar-refractivity contribution is 0.299. The number of anilines is 1. The fraction of sp³-hybridized carbons (Fsp3) is 0.333. The topological polar surface area (TPSA) is 67.5 Å². The van der Waals surface area contributed by atoms with E-state index >= 15 is 0 Å². The van der Waals surface area contributed by atoms with Crippen LogP contribution < -0.4 is 16.0 Å². The maximum atomic E-state index is 8.73.